The Balaban J connectivity index is 2.11. The van der Waals surface area contributed by atoms with Crippen molar-refractivity contribution in [1.82, 2.24) is 19.7 Å². The Bertz CT molecular complexity index is 523. The number of hydrogen-bond acceptors (Lipinski definition) is 5. The normalized spacial score (nSPS) is 10.8. The molecule has 0 aliphatic rings. The van der Waals surface area contributed by atoms with Crippen LogP contribution in [0, 0.1) is 6.92 Å². The molecule has 6 heteroatoms. The first-order valence-corrected chi connectivity index (χ1v) is 6.90. The van der Waals surface area contributed by atoms with Crippen molar-refractivity contribution in [3.8, 4) is 0 Å². The summed E-state index contributed by atoms with van der Waals surface area (Å²) >= 11 is 1.65. The van der Waals surface area contributed by atoms with Crippen LogP contribution in [0.3, 0.4) is 0 Å². The van der Waals surface area contributed by atoms with E-state index in [4.69, 9.17) is 5.73 Å². The maximum atomic E-state index is 5.63. The molecule has 0 fully saturated rings. The van der Waals surface area contributed by atoms with Crippen LogP contribution in [0.5, 0.6) is 0 Å². The molecule has 0 saturated heterocycles. The lowest BCUT2D eigenvalue weighted by atomic mass is 10.2. The molecule has 5 nitrogen and oxygen atoms in total. The summed E-state index contributed by atoms with van der Waals surface area (Å²) in [6.07, 6.45) is 1.82. The quantitative estimate of drug-likeness (QED) is 0.832. The Morgan fingerprint density at radius 3 is 2.89 bits per heavy atom. The van der Waals surface area contributed by atoms with Crippen LogP contribution < -0.4 is 5.73 Å². The standard InChI is InChI=1S/C12H17N5S/c1-3-17-11(7-13)15-16-12(17)18-8-10-9(2)5-4-6-14-10/h4-6H,3,7-8,13H2,1-2H3. The summed E-state index contributed by atoms with van der Waals surface area (Å²) in [6, 6.07) is 4.02. The third-order valence-corrected chi connectivity index (χ3v) is 3.73. The van der Waals surface area contributed by atoms with E-state index >= 15 is 0 Å². The van der Waals surface area contributed by atoms with Crippen LogP contribution in [0.15, 0.2) is 23.5 Å². The van der Waals surface area contributed by atoms with E-state index in [2.05, 4.69) is 35.1 Å². The fourth-order valence-corrected chi connectivity index (χ4v) is 2.75. The molecule has 18 heavy (non-hydrogen) atoms. The van der Waals surface area contributed by atoms with Gasteiger partial charge in [-0.2, -0.15) is 0 Å². The van der Waals surface area contributed by atoms with Gasteiger partial charge in [0.15, 0.2) is 5.16 Å². The Labute approximate surface area is 111 Å². The van der Waals surface area contributed by atoms with Gasteiger partial charge in [0.05, 0.1) is 12.2 Å². The van der Waals surface area contributed by atoms with Crippen LogP contribution in [0.25, 0.3) is 0 Å². The van der Waals surface area contributed by atoms with Gasteiger partial charge < -0.3 is 10.3 Å². The molecule has 2 N–H and O–H groups in total. The lowest BCUT2D eigenvalue weighted by Gasteiger charge is -2.06. The van der Waals surface area contributed by atoms with E-state index in [0.717, 1.165) is 29.0 Å². The predicted molar refractivity (Wildman–Crippen MR) is 72.1 cm³/mol. The van der Waals surface area contributed by atoms with Crippen LogP contribution in [0.4, 0.5) is 0 Å². The molecule has 0 radical (unpaired) electrons. The van der Waals surface area contributed by atoms with Gasteiger partial charge >= 0.3 is 0 Å². The summed E-state index contributed by atoms with van der Waals surface area (Å²) in [5.41, 5.74) is 7.91. The summed E-state index contributed by atoms with van der Waals surface area (Å²) in [7, 11) is 0. The Kier molecular flexibility index (Phi) is 4.33. The van der Waals surface area contributed by atoms with Crippen molar-refractivity contribution in [2.45, 2.75) is 37.8 Å². The van der Waals surface area contributed by atoms with Crippen molar-refractivity contribution in [1.29, 1.82) is 0 Å². The second kappa shape index (κ2) is 5.97. The average Bonchev–Trinajstić information content (AvgIpc) is 2.79. The summed E-state index contributed by atoms with van der Waals surface area (Å²) in [6.45, 7) is 5.39. The van der Waals surface area contributed by atoms with E-state index in [-0.39, 0.29) is 0 Å². The SMILES string of the molecule is CCn1c(CN)nnc1SCc1ncccc1C. The molecule has 0 amide bonds. The Morgan fingerprint density at radius 1 is 1.39 bits per heavy atom. The smallest absolute Gasteiger partial charge is 0.191 e. The number of thioether (sulfide) groups is 1. The predicted octanol–water partition coefficient (Wildman–Crippen LogP) is 1.75. The Hall–Kier alpha value is -1.40. The highest BCUT2D eigenvalue weighted by Gasteiger charge is 2.10. The number of aromatic nitrogens is 4. The third kappa shape index (κ3) is 2.70. The number of pyridine rings is 1. The molecule has 0 aliphatic carbocycles. The van der Waals surface area contributed by atoms with Gasteiger partial charge in [0, 0.05) is 18.5 Å². The van der Waals surface area contributed by atoms with E-state index in [1.54, 1.807) is 11.8 Å². The van der Waals surface area contributed by atoms with Crippen LogP contribution >= 0.6 is 11.8 Å². The highest BCUT2D eigenvalue weighted by molar-refractivity contribution is 7.98. The zero-order chi connectivity index (χ0) is 13.0. The van der Waals surface area contributed by atoms with E-state index in [9.17, 15) is 0 Å². The van der Waals surface area contributed by atoms with E-state index in [1.807, 2.05) is 16.8 Å². The maximum Gasteiger partial charge on any atom is 0.191 e. The fourth-order valence-electron chi connectivity index (χ4n) is 1.70. The first-order chi connectivity index (χ1) is 8.76. The van der Waals surface area contributed by atoms with Gasteiger partial charge in [0.25, 0.3) is 0 Å². The molecule has 2 rings (SSSR count). The molecule has 0 atom stereocenters. The van der Waals surface area contributed by atoms with Crippen molar-refractivity contribution in [2.24, 2.45) is 5.73 Å². The van der Waals surface area contributed by atoms with Crippen molar-refractivity contribution in [3.63, 3.8) is 0 Å². The fraction of sp³-hybridized carbons (Fsp3) is 0.417. The van der Waals surface area contributed by atoms with Crippen LogP contribution in [0.1, 0.15) is 24.0 Å². The van der Waals surface area contributed by atoms with Crippen molar-refractivity contribution in [3.05, 3.63) is 35.4 Å². The summed E-state index contributed by atoms with van der Waals surface area (Å²) in [4.78, 5) is 4.37. The van der Waals surface area contributed by atoms with Gasteiger partial charge in [0.1, 0.15) is 5.82 Å². The molecular formula is C12H17N5S. The summed E-state index contributed by atoms with van der Waals surface area (Å²) in [5.74, 6) is 1.63. The van der Waals surface area contributed by atoms with Crippen molar-refractivity contribution < 1.29 is 0 Å². The maximum absolute atomic E-state index is 5.63. The zero-order valence-electron chi connectivity index (χ0n) is 10.6. The molecule has 0 bridgehead atoms. The lowest BCUT2D eigenvalue weighted by molar-refractivity contribution is 0.643. The van der Waals surface area contributed by atoms with Crippen LogP contribution in [0.2, 0.25) is 0 Å². The largest absolute Gasteiger partial charge is 0.324 e. The van der Waals surface area contributed by atoms with Gasteiger partial charge in [-0.25, -0.2) is 0 Å². The topological polar surface area (TPSA) is 69.6 Å². The molecular weight excluding hydrogens is 246 g/mol. The number of nitrogens with two attached hydrogens (primary N) is 1. The minimum absolute atomic E-state index is 0.421. The second-order valence-corrected chi connectivity index (χ2v) is 4.85. The lowest BCUT2D eigenvalue weighted by Crippen LogP contribution is -2.08. The van der Waals surface area contributed by atoms with Gasteiger partial charge in [-0.1, -0.05) is 17.8 Å². The molecule has 0 aromatic carbocycles. The van der Waals surface area contributed by atoms with Gasteiger partial charge in [-0.05, 0) is 25.5 Å². The molecule has 0 unspecified atom stereocenters. The molecule has 96 valence electrons. The number of rotatable bonds is 5. The second-order valence-electron chi connectivity index (χ2n) is 3.90. The molecule has 0 spiro atoms. The minimum Gasteiger partial charge on any atom is -0.324 e. The monoisotopic (exact) mass is 263 g/mol. The zero-order valence-corrected chi connectivity index (χ0v) is 11.4. The van der Waals surface area contributed by atoms with E-state index < -0.39 is 0 Å². The van der Waals surface area contributed by atoms with Crippen LogP contribution in [-0.2, 0) is 18.8 Å². The molecule has 0 aliphatic heterocycles. The summed E-state index contributed by atoms with van der Waals surface area (Å²) < 4.78 is 2.04. The minimum atomic E-state index is 0.421. The molecule has 2 aromatic heterocycles. The van der Waals surface area contributed by atoms with E-state index in [1.165, 1.54) is 5.56 Å². The average molecular weight is 263 g/mol. The first kappa shape index (κ1) is 13.0. The number of hydrogen-bond donors (Lipinski definition) is 1. The van der Waals surface area contributed by atoms with E-state index in [0.29, 0.717) is 6.54 Å². The highest BCUT2D eigenvalue weighted by Crippen LogP contribution is 2.22. The third-order valence-electron chi connectivity index (χ3n) is 2.75. The van der Waals surface area contributed by atoms with Crippen LogP contribution in [-0.4, -0.2) is 19.7 Å². The molecule has 0 saturated carbocycles. The molecule has 2 aromatic rings. The Morgan fingerprint density at radius 2 is 2.22 bits per heavy atom. The summed E-state index contributed by atoms with van der Waals surface area (Å²) in [5, 5.41) is 9.16. The van der Waals surface area contributed by atoms with Crippen molar-refractivity contribution in [2.75, 3.05) is 0 Å². The van der Waals surface area contributed by atoms with Gasteiger partial charge in [0.2, 0.25) is 0 Å². The van der Waals surface area contributed by atoms with Gasteiger partial charge in [-0.15, -0.1) is 10.2 Å². The number of aryl methyl sites for hydroxylation is 1. The number of nitrogens with zero attached hydrogens (tertiary/aromatic N) is 4. The molecule has 2 heterocycles. The van der Waals surface area contributed by atoms with Gasteiger partial charge in [-0.3, -0.25) is 4.98 Å². The highest BCUT2D eigenvalue weighted by atomic mass is 32.2. The van der Waals surface area contributed by atoms with Crippen molar-refractivity contribution >= 4 is 11.8 Å². The first-order valence-electron chi connectivity index (χ1n) is 5.91.